The van der Waals surface area contributed by atoms with Gasteiger partial charge in [0.05, 0.1) is 5.38 Å². The first-order valence-corrected chi connectivity index (χ1v) is 6.73. The molecule has 1 aromatic rings. The van der Waals surface area contributed by atoms with E-state index in [1.807, 2.05) is 0 Å². The van der Waals surface area contributed by atoms with Gasteiger partial charge in [-0.1, -0.05) is 43.7 Å². The normalized spacial score (nSPS) is 23.4. The second-order valence-corrected chi connectivity index (χ2v) is 6.63. The molecule has 0 heterocycles. The summed E-state index contributed by atoms with van der Waals surface area (Å²) in [7, 11) is 0. The van der Waals surface area contributed by atoms with Crippen molar-refractivity contribution in [1.29, 1.82) is 0 Å². The lowest BCUT2D eigenvalue weighted by molar-refractivity contribution is 0.340. The van der Waals surface area contributed by atoms with Crippen LogP contribution in [0.25, 0.3) is 5.57 Å². The van der Waals surface area contributed by atoms with Crippen LogP contribution in [0.4, 0.5) is 0 Å². The zero-order valence-corrected chi connectivity index (χ0v) is 11.9. The molecule has 1 aromatic carbocycles. The van der Waals surface area contributed by atoms with Crippen LogP contribution in [-0.4, -0.2) is 5.38 Å². The Morgan fingerprint density at radius 1 is 1.24 bits per heavy atom. The first kappa shape index (κ1) is 12.7. The number of allylic oxidation sites excluding steroid dienone is 2. The smallest absolute Gasteiger partial charge is 0.0527 e. The minimum absolute atomic E-state index is 0.175. The maximum Gasteiger partial charge on any atom is 0.0527 e. The van der Waals surface area contributed by atoms with E-state index in [1.54, 1.807) is 0 Å². The predicted octanol–water partition coefficient (Wildman–Crippen LogP) is 5.11. The zero-order valence-electron chi connectivity index (χ0n) is 11.2. The Kier molecular flexibility index (Phi) is 3.36. The Balaban J connectivity index is 2.43. The lowest BCUT2D eigenvalue weighted by atomic mass is 9.75. The van der Waals surface area contributed by atoms with Crippen molar-refractivity contribution in [3.63, 3.8) is 0 Å². The quantitative estimate of drug-likeness (QED) is 0.606. The number of hydrogen-bond donors (Lipinski definition) is 0. The summed E-state index contributed by atoms with van der Waals surface area (Å²) in [6.45, 7) is 8.94. The summed E-state index contributed by atoms with van der Waals surface area (Å²) in [4.78, 5) is 0. The molecule has 2 rings (SSSR count). The third-order valence-electron chi connectivity index (χ3n) is 3.54. The standard InChI is InChI=1S/C16H21Cl/c1-11-5-6-12(2)15(7-11)13-8-14(17)10-16(3,4)9-13/h5-8,14H,9-10H2,1-4H3. The topological polar surface area (TPSA) is 0 Å². The van der Waals surface area contributed by atoms with Crippen LogP contribution in [0.5, 0.6) is 0 Å². The number of benzene rings is 1. The second kappa shape index (κ2) is 4.49. The summed E-state index contributed by atoms with van der Waals surface area (Å²) >= 11 is 6.36. The van der Waals surface area contributed by atoms with Gasteiger partial charge in [0.15, 0.2) is 0 Å². The molecule has 0 aliphatic heterocycles. The largest absolute Gasteiger partial charge is 0.118 e. The van der Waals surface area contributed by atoms with E-state index in [0.29, 0.717) is 5.41 Å². The summed E-state index contributed by atoms with van der Waals surface area (Å²) in [5, 5.41) is 0.175. The monoisotopic (exact) mass is 248 g/mol. The summed E-state index contributed by atoms with van der Waals surface area (Å²) in [6.07, 6.45) is 4.44. The van der Waals surface area contributed by atoms with Crippen LogP contribution in [0.15, 0.2) is 24.3 Å². The average Bonchev–Trinajstić information content (AvgIpc) is 2.18. The van der Waals surface area contributed by atoms with E-state index in [9.17, 15) is 0 Å². The molecule has 0 aromatic heterocycles. The third kappa shape index (κ3) is 2.93. The van der Waals surface area contributed by atoms with E-state index in [2.05, 4.69) is 52.0 Å². The van der Waals surface area contributed by atoms with E-state index in [4.69, 9.17) is 11.6 Å². The number of halogens is 1. The third-order valence-corrected chi connectivity index (χ3v) is 3.82. The first-order chi connectivity index (χ1) is 7.87. The van der Waals surface area contributed by atoms with E-state index >= 15 is 0 Å². The summed E-state index contributed by atoms with van der Waals surface area (Å²) < 4.78 is 0. The fraction of sp³-hybridized carbons (Fsp3) is 0.500. The van der Waals surface area contributed by atoms with E-state index in [1.165, 1.54) is 22.3 Å². The van der Waals surface area contributed by atoms with Crippen molar-refractivity contribution in [3.05, 3.63) is 41.0 Å². The van der Waals surface area contributed by atoms with Crippen molar-refractivity contribution in [3.8, 4) is 0 Å². The average molecular weight is 249 g/mol. The number of rotatable bonds is 1. The Morgan fingerprint density at radius 2 is 1.94 bits per heavy atom. The van der Waals surface area contributed by atoms with Crippen molar-refractivity contribution in [2.24, 2.45) is 5.41 Å². The number of hydrogen-bond acceptors (Lipinski definition) is 0. The van der Waals surface area contributed by atoms with Gasteiger partial charge in [-0.15, -0.1) is 11.6 Å². The molecule has 0 fully saturated rings. The fourth-order valence-corrected chi connectivity index (χ4v) is 3.29. The molecule has 0 bridgehead atoms. The van der Waals surface area contributed by atoms with Crippen LogP contribution in [0.1, 0.15) is 43.4 Å². The van der Waals surface area contributed by atoms with Crippen LogP contribution in [-0.2, 0) is 0 Å². The Labute approximate surface area is 110 Å². The second-order valence-electron chi connectivity index (χ2n) is 6.07. The van der Waals surface area contributed by atoms with E-state index < -0.39 is 0 Å². The Bertz CT molecular complexity index is 455. The van der Waals surface area contributed by atoms with Gasteiger partial charge < -0.3 is 0 Å². The van der Waals surface area contributed by atoms with Crippen LogP contribution in [0.3, 0.4) is 0 Å². The highest BCUT2D eigenvalue weighted by molar-refractivity contribution is 6.22. The molecule has 1 aliphatic carbocycles. The van der Waals surface area contributed by atoms with E-state index in [0.717, 1.165) is 12.8 Å². The molecule has 92 valence electrons. The van der Waals surface area contributed by atoms with Gasteiger partial charge >= 0.3 is 0 Å². The fourth-order valence-electron chi connectivity index (χ4n) is 2.72. The molecule has 0 spiro atoms. The van der Waals surface area contributed by atoms with Crippen molar-refractivity contribution in [2.75, 3.05) is 0 Å². The van der Waals surface area contributed by atoms with E-state index in [-0.39, 0.29) is 5.38 Å². The highest BCUT2D eigenvalue weighted by Crippen LogP contribution is 2.41. The maximum absolute atomic E-state index is 6.36. The van der Waals surface area contributed by atoms with Gasteiger partial charge in [0.2, 0.25) is 0 Å². The molecule has 1 aliphatic rings. The van der Waals surface area contributed by atoms with Gasteiger partial charge in [-0.25, -0.2) is 0 Å². The lowest BCUT2D eigenvalue weighted by Gasteiger charge is -2.33. The molecule has 0 saturated heterocycles. The minimum atomic E-state index is 0.175. The first-order valence-electron chi connectivity index (χ1n) is 6.30. The molecule has 17 heavy (non-hydrogen) atoms. The minimum Gasteiger partial charge on any atom is -0.118 e. The highest BCUT2D eigenvalue weighted by atomic mass is 35.5. The molecule has 1 atom stereocenters. The van der Waals surface area contributed by atoms with Crippen LogP contribution in [0.2, 0.25) is 0 Å². The van der Waals surface area contributed by atoms with Gasteiger partial charge in [0.25, 0.3) is 0 Å². The zero-order chi connectivity index (χ0) is 12.6. The Morgan fingerprint density at radius 3 is 2.59 bits per heavy atom. The predicted molar refractivity (Wildman–Crippen MR) is 76.5 cm³/mol. The van der Waals surface area contributed by atoms with Crippen molar-refractivity contribution < 1.29 is 0 Å². The maximum atomic E-state index is 6.36. The molecule has 1 unspecified atom stereocenters. The van der Waals surface area contributed by atoms with Gasteiger partial charge in [-0.2, -0.15) is 0 Å². The van der Waals surface area contributed by atoms with Gasteiger partial charge in [0.1, 0.15) is 0 Å². The molecule has 1 heteroatoms. The number of aryl methyl sites for hydroxylation is 2. The van der Waals surface area contributed by atoms with Crippen molar-refractivity contribution >= 4 is 17.2 Å². The summed E-state index contributed by atoms with van der Waals surface area (Å²) in [6, 6.07) is 6.66. The number of alkyl halides is 1. The van der Waals surface area contributed by atoms with Gasteiger partial charge in [-0.05, 0) is 48.8 Å². The molecule has 0 radical (unpaired) electrons. The van der Waals surface area contributed by atoms with Crippen LogP contribution in [0, 0.1) is 19.3 Å². The molecular weight excluding hydrogens is 228 g/mol. The lowest BCUT2D eigenvalue weighted by Crippen LogP contribution is -2.21. The summed E-state index contributed by atoms with van der Waals surface area (Å²) in [5.74, 6) is 0. The van der Waals surface area contributed by atoms with Crippen LogP contribution < -0.4 is 0 Å². The van der Waals surface area contributed by atoms with Crippen LogP contribution >= 0.6 is 11.6 Å². The molecule has 0 N–H and O–H groups in total. The van der Waals surface area contributed by atoms with Gasteiger partial charge in [0, 0.05) is 0 Å². The van der Waals surface area contributed by atoms with Crippen molar-refractivity contribution in [1.82, 2.24) is 0 Å². The molecular formula is C16H21Cl. The molecule has 0 saturated carbocycles. The summed E-state index contributed by atoms with van der Waals surface area (Å²) in [5.41, 5.74) is 5.78. The molecule has 0 amide bonds. The highest BCUT2D eigenvalue weighted by Gasteiger charge is 2.28. The van der Waals surface area contributed by atoms with Crippen molar-refractivity contribution in [2.45, 2.75) is 45.9 Å². The Hall–Kier alpha value is -0.750. The SMILES string of the molecule is Cc1ccc(C)c(C2=CC(Cl)CC(C)(C)C2)c1. The molecule has 0 nitrogen and oxygen atoms in total. The van der Waals surface area contributed by atoms with Gasteiger partial charge in [-0.3, -0.25) is 0 Å².